The second-order valence-electron chi connectivity index (χ2n) is 8.06. The van der Waals surface area contributed by atoms with E-state index in [0.717, 1.165) is 43.7 Å². The number of nitrogens with one attached hydrogen (secondary N) is 1. The van der Waals surface area contributed by atoms with Crippen molar-refractivity contribution in [3.63, 3.8) is 0 Å². The van der Waals surface area contributed by atoms with Crippen LogP contribution in [0, 0.1) is 6.92 Å². The molecule has 0 bridgehead atoms. The van der Waals surface area contributed by atoms with E-state index in [1.165, 1.54) is 0 Å². The number of aryl methyl sites for hydroxylation is 1. The maximum absolute atomic E-state index is 12.9. The molecule has 4 heterocycles. The molecular formula is C22H24N4O3. The Morgan fingerprint density at radius 1 is 1.17 bits per heavy atom. The zero-order valence-corrected chi connectivity index (χ0v) is 16.5. The number of H-pyrrole nitrogens is 1. The summed E-state index contributed by atoms with van der Waals surface area (Å²) in [6, 6.07) is 5.63. The Bertz CT molecular complexity index is 1190. The Balaban J connectivity index is 1.40. The van der Waals surface area contributed by atoms with Gasteiger partial charge in [-0.1, -0.05) is 11.6 Å². The third-order valence-electron chi connectivity index (χ3n) is 5.93. The zero-order valence-electron chi connectivity index (χ0n) is 16.5. The summed E-state index contributed by atoms with van der Waals surface area (Å²) in [7, 11) is 0. The fourth-order valence-electron chi connectivity index (χ4n) is 4.32. The molecule has 3 aromatic rings. The molecule has 150 valence electrons. The van der Waals surface area contributed by atoms with Crippen LogP contribution in [0.15, 0.2) is 38.5 Å². The lowest BCUT2D eigenvalue weighted by molar-refractivity contribution is 0.239. The molecule has 0 unspecified atom stereocenters. The Hall–Kier alpha value is -2.93. The summed E-state index contributed by atoms with van der Waals surface area (Å²) < 4.78 is 5.67. The van der Waals surface area contributed by atoms with Gasteiger partial charge < -0.3 is 9.32 Å². The van der Waals surface area contributed by atoms with Gasteiger partial charge in [0.15, 0.2) is 5.43 Å². The molecular weight excluding hydrogens is 368 g/mol. The molecule has 1 N–H and O–H groups in total. The van der Waals surface area contributed by atoms with E-state index in [-0.39, 0.29) is 11.0 Å². The van der Waals surface area contributed by atoms with Crippen molar-refractivity contribution in [2.45, 2.75) is 39.3 Å². The number of fused-ring (bicyclic) bond motifs is 2. The van der Waals surface area contributed by atoms with E-state index in [0.29, 0.717) is 47.6 Å². The molecule has 0 amide bonds. The van der Waals surface area contributed by atoms with Crippen molar-refractivity contribution in [2.75, 3.05) is 24.5 Å². The second-order valence-corrected chi connectivity index (χ2v) is 8.06. The van der Waals surface area contributed by atoms with Crippen LogP contribution < -0.4 is 15.9 Å². The van der Waals surface area contributed by atoms with Crippen LogP contribution in [0.3, 0.4) is 0 Å². The van der Waals surface area contributed by atoms with E-state index in [4.69, 9.17) is 9.40 Å². The van der Waals surface area contributed by atoms with E-state index >= 15 is 0 Å². The van der Waals surface area contributed by atoms with Crippen LogP contribution in [0.1, 0.15) is 35.2 Å². The van der Waals surface area contributed by atoms with Crippen molar-refractivity contribution < 1.29 is 4.42 Å². The van der Waals surface area contributed by atoms with Gasteiger partial charge in [0, 0.05) is 44.7 Å². The lowest BCUT2D eigenvalue weighted by Crippen LogP contribution is -2.37. The smallest absolute Gasteiger partial charge is 0.257 e. The SMILES string of the molecule is Cc1ccc2occ(CN3CCc4nc(N5CCCC5)[nH]c(=O)c4C3)c(=O)c2c1. The van der Waals surface area contributed by atoms with Gasteiger partial charge in [0.2, 0.25) is 5.95 Å². The summed E-state index contributed by atoms with van der Waals surface area (Å²) in [6.07, 6.45) is 4.54. The van der Waals surface area contributed by atoms with Crippen molar-refractivity contribution in [3.05, 3.63) is 67.4 Å². The summed E-state index contributed by atoms with van der Waals surface area (Å²) in [6.45, 7) is 5.56. The minimum absolute atomic E-state index is 0.00263. The molecule has 2 aromatic heterocycles. The minimum Gasteiger partial charge on any atom is -0.464 e. The van der Waals surface area contributed by atoms with Gasteiger partial charge in [-0.15, -0.1) is 0 Å². The normalized spacial score (nSPS) is 17.1. The van der Waals surface area contributed by atoms with Gasteiger partial charge in [-0.2, -0.15) is 0 Å². The van der Waals surface area contributed by atoms with Crippen molar-refractivity contribution in [3.8, 4) is 0 Å². The van der Waals surface area contributed by atoms with Crippen molar-refractivity contribution >= 4 is 16.9 Å². The number of anilines is 1. The van der Waals surface area contributed by atoms with Crippen LogP contribution in [0.5, 0.6) is 0 Å². The molecule has 5 rings (SSSR count). The average Bonchev–Trinajstić information content (AvgIpc) is 3.26. The van der Waals surface area contributed by atoms with Crippen LogP contribution in [0.4, 0.5) is 5.95 Å². The number of nitrogens with zero attached hydrogens (tertiary/aromatic N) is 3. The topological polar surface area (TPSA) is 82.4 Å². The average molecular weight is 392 g/mol. The number of hydrogen-bond donors (Lipinski definition) is 1. The highest BCUT2D eigenvalue weighted by Gasteiger charge is 2.24. The quantitative estimate of drug-likeness (QED) is 0.737. The van der Waals surface area contributed by atoms with Gasteiger partial charge in [0.1, 0.15) is 5.58 Å². The number of aromatic amines is 1. The summed E-state index contributed by atoms with van der Waals surface area (Å²) in [5.74, 6) is 0.699. The first-order chi connectivity index (χ1) is 14.1. The molecule has 2 aliphatic heterocycles. The number of rotatable bonds is 3. The number of benzene rings is 1. The Labute approximate surface area is 168 Å². The molecule has 1 aromatic carbocycles. The third-order valence-corrected chi connectivity index (χ3v) is 5.93. The first-order valence-corrected chi connectivity index (χ1v) is 10.2. The number of hydrogen-bond acceptors (Lipinski definition) is 6. The van der Waals surface area contributed by atoms with Crippen LogP contribution >= 0.6 is 0 Å². The molecule has 7 nitrogen and oxygen atoms in total. The fraction of sp³-hybridized carbons (Fsp3) is 0.409. The van der Waals surface area contributed by atoms with Gasteiger partial charge in [0.05, 0.1) is 22.9 Å². The van der Waals surface area contributed by atoms with Crippen molar-refractivity contribution in [2.24, 2.45) is 0 Å². The lowest BCUT2D eigenvalue weighted by atomic mass is 10.1. The fourth-order valence-corrected chi connectivity index (χ4v) is 4.32. The third kappa shape index (κ3) is 3.35. The van der Waals surface area contributed by atoms with Crippen LogP contribution in [-0.2, 0) is 19.5 Å². The molecule has 7 heteroatoms. The molecule has 0 spiro atoms. The minimum atomic E-state index is -0.0669. The molecule has 2 aliphatic rings. The Kier molecular flexibility index (Phi) is 4.47. The Morgan fingerprint density at radius 2 is 2.00 bits per heavy atom. The van der Waals surface area contributed by atoms with Crippen molar-refractivity contribution in [1.82, 2.24) is 14.9 Å². The van der Waals surface area contributed by atoms with Gasteiger partial charge in [-0.05, 0) is 31.9 Å². The van der Waals surface area contributed by atoms with Gasteiger partial charge in [0.25, 0.3) is 5.56 Å². The predicted molar refractivity (Wildman–Crippen MR) is 111 cm³/mol. The standard InChI is InChI=1S/C22H24N4O3/c1-14-4-5-19-16(10-14)20(27)15(13-29-19)11-25-9-6-18-17(12-25)21(28)24-22(23-18)26-7-2-3-8-26/h4-5,10,13H,2-3,6-9,11-12H2,1H3,(H,23,24,28). The van der Waals surface area contributed by atoms with Gasteiger partial charge in [-0.25, -0.2) is 4.98 Å². The van der Waals surface area contributed by atoms with E-state index in [2.05, 4.69) is 14.8 Å². The highest BCUT2D eigenvalue weighted by atomic mass is 16.3. The summed E-state index contributed by atoms with van der Waals surface area (Å²) in [5.41, 5.74) is 3.77. The summed E-state index contributed by atoms with van der Waals surface area (Å²) in [4.78, 5) is 37.5. The number of aromatic nitrogens is 2. The van der Waals surface area contributed by atoms with Crippen molar-refractivity contribution in [1.29, 1.82) is 0 Å². The second kappa shape index (κ2) is 7.15. The molecule has 1 saturated heterocycles. The Morgan fingerprint density at radius 3 is 2.83 bits per heavy atom. The van der Waals surface area contributed by atoms with E-state index < -0.39 is 0 Å². The first kappa shape index (κ1) is 18.1. The summed E-state index contributed by atoms with van der Waals surface area (Å²) >= 11 is 0. The predicted octanol–water partition coefficient (Wildman–Crippen LogP) is 2.34. The summed E-state index contributed by atoms with van der Waals surface area (Å²) in [5, 5.41) is 0.606. The molecule has 0 atom stereocenters. The monoisotopic (exact) mass is 392 g/mol. The maximum Gasteiger partial charge on any atom is 0.257 e. The van der Waals surface area contributed by atoms with Crippen LogP contribution in [0.25, 0.3) is 11.0 Å². The first-order valence-electron chi connectivity index (χ1n) is 10.2. The highest BCUT2D eigenvalue weighted by Crippen LogP contribution is 2.21. The molecule has 1 fully saturated rings. The maximum atomic E-state index is 12.9. The lowest BCUT2D eigenvalue weighted by Gasteiger charge is -2.28. The highest BCUT2D eigenvalue weighted by molar-refractivity contribution is 5.77. The van der Waals surface area contributed by atoms with Crippen LogP contribution in [-0.4, -0.2) is 34.5 Å². The van der Waals surface area contributed by atoms with Crippen LogP contribution in [0.2, 0.25) is 0 Å². The molecule has 0 aliphatic carbocycles. The molecule has 0 radical (unpaired) electrons. The zero-order chi connectivity index (χ0) is 20.0. The van der Waals surface area contributed by atoms with E-state index in [9.17, 15) is 9.59 Å². The molecule has 0 saturated carbocycles. The van der Waals surface area contributed by atoms with Gasteiger partial charge >= 0.3 is 0 Å². The van der Waals surface area contributed by atoms with E-state index in [1.807, 2.05) is 25.1 Å². The van der Waals surface area contributed by atoms with Gasteiger partial charge in [-0.3, -0.25) is 19.5 Å². The molecule has 29 heavy (non-hydrogen) atoms. The largest absolute Gasteiger partial charge is 0.464 e. The van der Waals surface area contributed by atoms with E-state index in [1.54, 1.807) is 6.26 Å².